The van der Waals surface area contributed by atoms with Gasteiger partial charge < -0.3 is 9.88 Å². The van der Waals surface area contributed by atoms with Gasteiger partial charge in [0.15, 0.2) is 0 Å². The first kappa shape index (κ1) is 20.2. The number of H-pyrrole nitrogens is 1. The van der Waals surface area contributed by atoms with E-state index in [0.29, 0.717) is 23.4 Å². The number of hydrogen-bond donors (Lipinski definition) is 1. The number of allylic oxidation sites excluding steroid dienone is 1. The van der Waals surface area contributed by atoms with Crippen molar-refractivity contribution >= 4 is 28.4 Å². The summed E-state index contributed by atoms with van der Waals surface area (Å²) in [6, 6.07) is 15.2. The first-order valence-electron chi connectivity index (χ1n) is 10.7. The first-order valence-corrected chi connectivity index (χ1v) is 10.7. The number of aromatic nitrogens is 2. The number of fused-ring (bicyclic) bond motifs is 2. The molecule has 0 spiro atoms. The van der Waals surface area contributed by atoms with Crippen LogP contribution in [0.2, 0.25) is 0 Å². The van der Waals surface area contributed by atoms with Gasteiger partial charge in [0, 0.05) is 17.3 Å². The fraction of sp³-hybridized carbons (Fsp3) is 0.385. The lowest BCUT2D eigenvalue weighted by Crippen LogP contribution is -2.51. The van der Waals surface area contributed by atoms with Crippen LogP contribution in [0, 0.1) is 18.3 Å². The van der Waals surface area contributed by atoms with E-state index in [4.69, 9.17) is 0 Å². The molecule has 0 fully saturated rings. The Morgan fingerprint density at radius 3 is 2.70 bits per heavy atom. The zero-order valence-electron chi connectivity index (χ0n) is 18.7. The van der Waals surface area contributed by atoms with E-state index in [9.17, 15) is 5.26 Å². The summed E-state index contributed by atoms with van der Waals surface area (Å²) in [5, 5.41) is 9.84. The molecule has 1 N–H and O–H groups in total. The van der Waals surface area contributed by atoms with E-state index < -0.39 is 0 Å². The van der Waals surface area contributed by atoms with E-state index in [-0.39, 0.29) is 5.54 Å². The third-order valence-electron chi connectivity index (χ3n) is 6.24. The maximum absolute atomic E-state index is 9.84. The number of hydrogen-bond acceptors (Lipinski definition) is 3. The molecule has 0 saturated carbocycles. The monoisotopic (exact) mass is 398 g/mol. The van der Waals surface area contributed by atoms with Crippen LogP contribution in [0.4, 0.5) is 5.69 Å². The summed E-state index contributed by atoms with van der Waals surface area (Å²) >= 11 is 0. The van der Waals surface area contributed by atoms with Gasteiger partial charge in [0.2, 0.25) is 0 Å². The summed E-state index contributed by atoms with van der Waals surface area (Å²) in [5.41, 5.74) is 7.44. The van der Waals surface area contributed by atoms with Gasteiger partial charge in [-0.05, 0) is 94.0 Å². The van der Waals surface area contributed by atoms with Crippen LogP contribution >= 0.6 is 0 Å². The lowest BCUT2D eigenvalue weighted by Gasteiger charge is -2.50. The second kappa shape index (κ2) is 7.32. The van der Waals surface area contributed by atoms with Gasteiger partial charge in [0.1, 0.15) is 11.9 Å². The molecular formula is C26H30N4. The van der Waals surface area contributed by atoms with Crippen molar-refractivity contribution < 1.29 is 0 Å². The van der Waals surface area contributed by atoms with Crippen molar-refractivity contribution in [3.8, 4) is 6.07 Å². The lowest BCUT2D eigenvalue weighted by molar-refractivity contribution is 0.356. The number of nitriles is 1. The Bertz CT molecular complexity index is 1140. The Morgan fingerprint density at radius 1 is 1.30 bits per heavy atom. The van der Waals surface area contributed by atoms with Crippen molar-refractivity contribution in [2.45, 2.75) is 65.5 Å². The van der Waals surface area contributed by atoms with Crippen LogP contribution in [-0.4, -0.2) is 21.5 Å². The van der Waals surface area contributed by atoms with Crippen molar-refractivity contribution in [3.63, 3.8) is 0 Å². The second-order valence-electron chi connectivity index (χ2n) is 9.42. The van der Waals surface area contributed by atoms with Gasteiger partial charge in [-0.3, -0.25) is 0 Å². The molecule has 4 nitrogen and oxygen atoms in total. The number of aromatic amines is 1. The third kappa shape index (κ3) is 3.39. The summed E-state index contributed by atoms with van der Waals surface area (Å²) < 4.78 is 0. The highest BCUT2D eigenvalue weighted by Gasteiger charge is 2.37. The van der Waals surface area contributed by atoms with Gasteiger partial charge in [0.25, 0.3) is 0 Å². The van der Waals surface area contributed by atoms with Crippen LogP contribution in [0.1, 0.15) is 69.5 Å². The fourth-order valence-corrected chi connectivity index (χ4v) is 5.14. The third-order valence-corrected chi connectivity index (χ3v) is 6.24. The maximum Gasteiger partial charge on any atom is 0.149 e. The van der Waals surface area contributed by atoms with E-state index in [1.807, 2.05) is 30.3 Å². The van der Waals surface area contributed by atoms with Crippen molar-refractivity contribution in [1.29, 1.82) is 5.26 Å². The molecule has 154 valence electrons. The minimum atomic E-state index is 0.121. The predicted molar refractivity (Wildman–Crippen MR) is 125 cm³/mol. The van der Waals surface area contributed by atoms with Crippen LogP contribution in [0.5, 0.6) is 0 Å². The van der Waals surface area contributed by atoms with Crippen LogP contribution < -0.4 is 4.90 Å². The van der Waals surface area contributed by atoms with Gasteiger partial charge in [0.05, 0.1) is 16.6 Å². The average Bonchev–Trinajstić information content (AvgIpc) is 3.09. The molecule has 30 heavy (non-hydrogen) atoms. The zero-order valence-corrected chi connectivity index (χ0v) is 18.7. The van der Waals surface area contributed by atoms with Crippen LogP contribution in [-0.2, 0) is 0 Å². The number of nitrogens with one attached hydrogen (secondary N) is 1. The van der Waals surface area contributed by atoms with Crippen molar-refractivity contribution in [2.75, 3.05) is 4.90 Å². The fourth-order valence-electron chi connectivity index (χ4n) is 5.14. The molecule has 2 heterocycles. The summed E-state index contributed by atoms with van der Waals surface area (Å²) in [5.74, 6) is 1.09. The van der Waals surface area contributed by atoms with Crippen molar-refractivity contribution in [2.24, 2.45) is 0 Å². The molecular weight excluding hydrogens is 368 g/mol. The van der Waals surface area contributed by atoms with E-state index in [2.05, 4.69) is 74.6 Å². The highest BCUT2D eigenvalue weighted by Crippen LogP contribution is 2.45. The summed E-state index contributed by atoms with van der Waals surface area (Å²) in [6.07, 6.45) is 3.08. The molecule has 0 aliphatic carbocycles. The number of rotatable bonds is 3. The molecule has 0 amide bonds. The molecule has 3 aromatic rings. The summed E-state index contributed by atoms with van der Waals surface area (Å²) in [7, 11) is 0. The number of imidazole rings is 1. The molecule has 2 aromatic carbocycles. The summed E-state index contributed by atoms with van der Waals surface area (Å²) in [6.45, 7) is 13.6. The topological polar surface area (TPSA) is 55.7 Å². The Balaban J connectivity index is 1.82. The molecule has 1 atom stereocenters. The average molecular weight is 399 g/mol. The second-order valence-corrected chi connectivity index (χ2v) is 9.42. The number of anilines is 1. The number of para-hydroxylation sites is 2. The van der Waals surface area contributed by atoms with Gasteiger partial charge in [-0.2, -0.15) is 5.26 Å². The van der Waals surface area contributed by atoms with Gasteiger partial charge in [-0.1, -0.05) is 19.1 Å². The van der Waals surface area contributed by atoms with Gasteiger partial charge in [-0.15, -0.1) is 0 Å². The first-order chi connectivity index (χ1) is 14.2. The SMILES string of the molecule is Cc1cc2c(cc1/C=C(/C#N)c1nc3ccccc3[nH]1)[C@H](C)CC(C)(C)N2C(C)C. The lowest BCUT2D eigenvalue weighted by atomic mass is 9.78. The molecule has 0 radical (unpaired) electrons. The van der Waals surface area contributed by atoms with Gasteiger partial charge >= 0.3 is 0 Å². The highest BCUT2D eigenvalue weighted by molar-refractivity contribution is 5.91. The molecule has 0 unspecified atom stereocenters. The van der Waals surface area contributed by atoms with E-state index >= 15 is 0 Å². The molecule has 4 rings (SSSR count). The van der Waals surface area contributed by atoms with E-state index in [0.717, 1.165) is 23.0 Å². The quantitative estimate of drug-likeness (QED) is 0.517. The van der Waals surface area contributed by atoms with Gasteiger partial charge in [-0.25, -0.2) is 4.98 Å². The van der Waals surface area contributed by atoms with Crippen LogP contribution in [0.25, 0.3) is 22.7 Å². The normalized spacial score (nSPS) is 18.5. The smallest absolute Gasteiger partial charge is 0.149 e. The molecule has 1 aliphatic heterocycles. The number of aryl methyl sites for hydroxylation is 1. The zero-order chi connectivity index (χ0) is 21.6. The van der Waals surface area contributed by atoms with E-state index in [1.165, 1.54) is 16.8 Å². The minimum absolute atomic E-state index is 0.121. The molecule has 1 aliphatic rings. The Labute approximate surface area is 179 Å². The highest BCUT2D eigenvalue weighted by atomic mass is 15.2. The molecule has 4 heteroatoms. The Kier molecular flexibility index (Phi) is 4.94. The maximum atomic E-state index is 9.84. The van der Waals surface area contributed by atoms with E-state index in [1.54, 1.807) is 0 Å². The molecule has 0 saturated heterocycles. The molecule has 1 aromatic heterocycles. The predicted octanol–water partition coefficient (Wildman–Crippen LogP) is 6.44. The molecule has 0 bridgehead atoms. The van der Waals surface area contributed by atoms with Crippen LogP contribution in [0.3, 0.4) is 0 Å². The van der Waals surface area contributed by atoms with Crippen LogP contribution in [0.15, 0.2) is 36.4 Å². The number of nitrogens with zero attached hydrogens (tertiary/aromatic N) is 3. The summed E-state index contributed by atoms with van der Waals surface area (Å²) in [4.78, 5) is 10.4. The van der Waals surface area contributed by atoms with Crippen molar-refractivity contribution in [1.82, 2.24) is 9.97 Å². The standard InChI is InChI=1S/C26H30N4/c1-16(2)30-24-11-17(3)19(13-21(24)18(4)14-26(30,5)6)12-20(15-27)25-28-22-9-7-8-10-23(22)29-25/h7-13,16,18H,14H2,1-6H3,(H,28,29)/b20-12-/t18-/m1/s1. The Morgan fingerprint density at radius 2 is 2.03 bits per heavy atom. The number of benzene rings is 2. The Hall–Kier alpha value is -3.06. The van der Waals surface area contributed by atoms with Crippen molar-refractivity contribution in [3.05, 3.63) is 58.9 Å². The minimum Gasteiger partial charge on any atom is -0.364 e. The largest absolute Gasteiger partial charge is 0.364 e.